The van der Waals surface area contributed by atoms with Crippen molar-refractivity contribution in [3.05, 3.63) is 78.5 Å². The van der Waals surface area contributed by atoms with Crippen molar-refractivity contribution in [3.63, 3.8) is 0 Å². The van der Waals surface area contributed by atoms with E-state index in [1.807, 2.05) is 18.2 Å². The van der Waals surface area contributed by atoms with Crippen molar-refractivity contribution in [2.75, 3.05) is 5.73 Å². The minimum atomic E-state index is -0.767. The number of benzene rings is 2. The molecule has 3 unspecified atom stereocenters. The average Bonchev–Trinajstić information content (AvgIpc) is 3.48. The molecule has 0 saturated heterocycles. The standard InChI is InChI=1S/C26H23Cl2N5O3/c1-12-6-22(18-8-13-2-3-14(18)7-13)30-21-5-4-16(11-17(12)21)36-23-19(27)9-15(10-20(23)28)33-26(35)31-25(34)24(29)32-33/h4-6,9-11,13-14,18H,2-3,7-8H2,1H3,(H2,29,32)(H,31,34,35). The lowest BCUT2D eigenvalue weighted by molar-refractivity contribution is 0.414. The Morgan fingerprint density at radius 2 is 1.86 bits per heavy atom. The second-order valence-electron chi connectivity index (χ2n) is 9.72. The van der Waals surface area contributed by atoms with Crippen LogP contribution in [0.25, 0.3) is 16.6 Å². The number of fused-ring (bicyclic) bond motifs is 3. The van der Waals surface area contributed by atoms with Crippen LogP contribution in [0.4, 0.5) is 5.82 Å². The molecule has 3 atom stereocenters. The maximum absolute atomic E-state index is 12.2. The molecule has 8 nitrogen and oxygen atoms in total. The number of aromatic nitrogens is 4. The first-order chi connectivity index (χ1) is 17.3. The zero-order chi connectivity index (χ0) is 25.1. The summed E-state index contributed by atoms with van der Waals surface area (Å²) in [6.07, 6.45) is 5.29. The summed E-state index contributed by atoms with van der Waals surface area (Å²) in [6, 6.07) is 10.9. The quantitative estimate of drug-likeness (QED) is 0.371. The molecular formula is C26H23Cl2N5O3. The van der Waals surface area contributed by atoms with Gasteiger partial charge in [-0.15, -0.1) is 5.10 Å². The number of nitrogens with one attached hydrogen (secondary N) is 1. The Morgan fingerprint density at radius 1 is 1.08 bits per heavy atom. The van der Waals surface area contributed by atoms with Crippen molar-refractivity contribution in [2.45, 2.75) is 38.5 Å². The summed E-state index contributed by atoms with van der Waals surface area (Å²) < 4.78 is 6.97. The van der Waals surface area contributed by atoms with E-state index in [9.17, 15) is 9.59 Å². The van der Waals surface area contributed by atoms with Crippen molar-refractivity contribution in [1.29, 1.82) is 0 Å². The summed E-state index contributed by atoms with van der Waals surface area (Å²) >= 11 is 12.9. The van der Waals surface area contributed by atoms with Crippen molar-refractivity contribution in [1.82, 2.24) is 19.7 Å². The fourth-order valence-electron chi connectivity index (χ4n) is 5.73. The van der Waals surface area contributed by atoms with Gasteiger partial charge in [0, 0.05) is 17.0 Å². The molecule has 10 heteroatoms. The third-order valence-corrected chi connectivity index (χ3v) is 7.99. The van der Waals surface area contributed by atoms with Crippen LogP contribution < -0.4 is 21.7 Å². The molecule has 2 aliphatic rings. The Bertz CT molecular complexity index is 1620. The Labute approximate surface area is 216 Å². The first-order valence-electron chi connectivity index (χ1n) is 11.8. The van der Waals surface area contributed by atoms with Crippen molar-refractivity contribution in [3.8, 4) is 17.2 Å². The van der Waals surface area contributed by atoms with Crippen LogP contribution in [0.15, 0.2) is 46.0 Å². The van der Waals surface area contributed by atoms with Crippen LogP contribution in [-0.4, -0.2) is 19.7 Å². The van der Waals surface area contributed by atoms with Gasteiger partial charge in [-0.05, 0) is 80.0 Å². The number of halogens is 2. The lowest BCUT2D eigenvalue weighted by Gasteiger charge is -2.22. The SMILES string of the molecule is Cc1cc(C2CC3CCC2C3)nc2ccc(Oc3c(Cl)cc(-n4nc(N)c(=O)[nH]c4=O)cc3Cl)cc12. The number of hydrogen-bond acceptors (Lipinski definition) is 6. The Morgan fingerprint density at radius 3 is 2.56 bits per heavy atom. The summed E-state index contributed by atoms with van der Waals surface area (Å²) in [5, 5.41) is 5.13. The van der Waals surface area contributed by atoms with E-state index < -0.39 is 11.2 Å². The third kappa shape index (κ3) is 3.94. The number of nitrogens with zero attached hydrogens (tertiary/aromatic N) is 3. The lowest BCUT2D eigenvalue weighted by Crippen LogP contribution is -2.33. The molecule has 2 aliphatic carbocycles. The average molecular weight is 524 g/mol. The van der Waals surface area contributed by atoms with Crippen LogP contribution in [0.1, 0.15) is 42.9 Å². The molecule has 2 fully saturated rings. The molecule has 0 amide bonds. The molecule has 0 spiro atoms. The van der Waals surface area contributed by atoms with Gasteiger partial charge in [0.2, 0.25) is 5.82 Å². The maximum Gasteiger partial charge on any atom is 0.349 e. The number of ether oxygens (including phenoxy) is 1. The second kappa shape index (κ2) is 8.64. The molecule has 2 heterocycles. The molecule has 184 valence electrons. The lowest BCUT2D eigenvalue weighted by atomic mass is 9.85. The highest BCUT2D eigenvalue weighted by atomic mass is 35.5. The maximum atomic E-state index is 12.2. The summed E-state index contributed by atoms with van der Waals surface area (Å²) in [7, 11) is 0. The minimum absolute atomic E-state index is 0.164. The van der Waals surface area contributed by atoms with Crippen LogP contribution in [0.5, 0.6) is 11.5 Å². The molecule has 2 aromatic carbocycles. The molecule has 0 aliphatic heterocycles. The highest BCUT2D eigenvalue weighted by molar-refractivity contribution is 6.37. The summed E-state index contributed by atoms with van der Waals surface area (Å²) in [5.74, 6) is 2.64. The topological polar surface area (TPSA) is 116 Å². The number of rotatable bonds is 4. The Balaban J connectivity index is 1.31. The molecule has 2 bridgehead atoms. The van der Waals surface area contributed by atoms with E-state index in [1.165, 1.54) is 43.5 Å². The van der Waals surface area contributed by atoms with Crippen molar-refractivity contribution < 1.29 is 4.74 Å². The normalized spacial score (nSPS) is 20.8. The smallest absolute Gasteiger partial charge is 0.349 e. The molecule has 6 rings (SSSR count). The molecule has 2 saturated carbocycles. The van der Waals surface area contributed by atoms with Gasteiger partial charge in [-0.3, -0.25) is 14.8 Å². The van der Waals surface area contributed by atoms with Crippen molar-refractivity contribution >= 4 is 39.9 Å². The monoisotopic (exact) mass is 523 g/mol. The van der Waals surface area contributed by atoms with E-state index in [0.29, 0.717) is 11.7 Å². The number of anilines is 1. The number of H-pyrrole nitrogens is 1. The van der Waals surface area contributed by atoms with Crippen molar-refractivity contribution in [2.24, 2.45) is 11.8 Å². The van der Waals surface area contributed by atoms with Gasteiger partial charge >= 0.3 is 5.69 Å². The first kappa shape index (κ1) is 23.1. The largest absolute Gasteiger partial charge is 0.454 e. The fraction of sp³-hybridized carbons (Fsp3) is 0.308. The Kier molecular flexibility index (Phi) is 5.53. The number of nitrogens with two attached hydrogens (primary N) is 1. The van der Waals surface area contributed by atoms with Gasteiger partial charge in [0.1, 0.15) is 5.75 Å². The summed E-state index contributed by atoms with van der Waals surface area (Å²) in [6.45, 7) is 2.10. The first-order valence-corrected chi connectivity index (χ1v) is 12.6. The number of pyridine rings is 1. The van der Waals surface area contributed by atoms with Gasteiger partial charge < -0.3 is 10.5 Å². The molecule has 36 heavy (non-hydrogen) atoms. The van der Waals surface area contributed by atoms with Gasteiger partial charge in [0.15, 0.2) is 5.75 Å². The molecular weight excluding hydrogens is 501 g/mol. The Hall–Kier alpha value is -3.36. The second-order valence-corrected chi connectivity index (χ2v) is 10.5. The van der Waals surface area contributed by atoms with E-state index in [4.69, 9.17) is 38.7 Å². The number of aryl methyl sites for hydroxylation is 1. The fourth-order valence-corrected chi connectivity index (χ4v) is 6.28. The van der Waals surface area contributed by atoms with Crippen LogP contribution in [-0.2, 0) is 0 Å². The number of nitrogen functional groups attached to an aromatic ring is 1. The zero-order valence-corrected chi connectivity index (χ0v) is 20.9. The molecule has 4 aromatic rings. The van der Waals surface area contributed by atoms with Gasteiger partial charge in [-0.25, -0.2) is 4.79 Å². The molecule has 3 N–H and O–H groups in total. The predicted molar refractivity (Wildman–Crippen MR) is 140 cm³/mol. The number of aromatic amines is 1. The van der Waals surface area contributed by atoms with Gasteiger partial charge in [0.05, 0.1) is 21.2 Å². The van der Waals surface area contributed by atoms with Crippen LogP contribution >= 0.6 is 23.2 Å². The third-order valence-electron chi connectivity index (χ3n) is 7.43. The minimum Gasteiger partial charge on any atom is -0.454 e. The number of hydrogen-bond donors (Lipinski definition) is 2. The molecule has 0 radical (unpaired) electrons. The van der Waals surface area contributed by atoms with E-state index in [2.05, 4.69) is 23.1 Å². The molecule has 2 aromatic heterocycles. The van der Waals surface area contributed by atoms with Crippen LogP contribution in [0.3, 0.4) is 0 Å². The van der Waals surface area contributed by atoms with E-state index in [1.54, 1.807) is 0 Å². The highest BCUT2D eigenvalue weighted by Crippen LogP contribution is 2.52. The van der Waals surface area contributed by atoms with E-state index in [-0.39, 0.29) is 27.3 Å². The van der Waals surface area contributed by atoms with Gasteiger partial charge in [-0.1, -0.05) is 29.6 Å². The van der Waals surface area contributed by atoms with Gasteiger partial charge in [0.25, 0.3) is 5.56 Å². The van der Waals surface area contributed by atoms with E-state index >= 15 is 0 Å². The van der Waals surface area contributed by atoms with E-state index in [0.717, 1.165) is 33.0 Å². The summed E-state index contributed by atoms with van der Waals surface area (Å²) in [5.41, 5.74) is 7.53. The van der Waals surface area contributed by atoms with Crippen LogP contribution in [0, 0.1) is 18.8 Å². The summed E-state index contributed by atoms with van der Waals surface area (Å²) in [4.78, 5) is 30.8. The predicted octanol–water partition coefficient (Wildman–Crippen LogP) is 5.36. The van der Waals surface area contributed by atoms with Gasteiger partial charge in [-0.2, -0.15) is 4.68 Å². The highest BCUT2D eigenvalue weighted by Gasteiger charge is 2.40. The van der Waals surface area contributed by atoms with Crippen LogP contribution in [0.2, 0.25) is 10.0 Å². The zero-order valence-electron chi connectivity index (χ0n) is 19.4.